The van der Waals surface area contributed by atoms with Crippen molar-refractivity contribution < 1.29 is 4.79 Å². The van der Waals surface area contributed by atoms with E-state index in [2.05, 4.69) is 20.5 Å². The van der Waals surface area contributed by atoms with Gasteiger partial charge in [-0.25, -0.2) is 0 Å². The maximum Gasteiger partial charge on any atom is 0.269 e. The zero-order valence-electron chi connectivity index (χ0n) is 13.3. The van der Waals surface area contributed by atoms with E-state index in [4.69, 9.17) is 0 Å². The first-order valence-corrected chi connectivity index (χ1v) is 7.26. The number of aromatic nitrogens is 5. The third-order valence-electron chi connectivity index (χ3n) is 3.60. The van der Waals surface area contributed by atoms with Gasteiger partial charge in [0.25, 0.3) is 5.91 Å². The van der Waals surface area contributed by atoms with Gasteiger partial charge in [0.15, 0.2) is 0 Å². The molecule has 7 nitrogen and oxygen atoms in total. The van der Waals surface area contributed by atoms with Gasteiger partial charge in [0.2, 0.25) is 0 Å². The normalized spacial score (nSPS) is 10.7. The Morgan fingerprint density at radius 2 is 2.04 bits per heavy atom. The highest BCUT2D eigenvalue weighted by Gasteiger charge is 2.11. The van der Waals surface area contributed by atoms with Crippen LogP contribution in [0.4, 0.5) is 0 Å². The lowest BCUT2D eigenvalue weighted by molar-refractivity contribution is 0.0941. The average Bonchev–Trinajstić information content (AvgIpc) is 3.10. The van der Waals surface area contributed by atoms with Gasteiger partial charge in [-0.1, -0.05) is 0 Å². The van der Waals surface area contributed by atoms with E-state index in [-0.39, 0.29) is 5.91 Å². The number of hydrogen-bond donors (Lipinski definition) is 1. The monoisotopic (exact) mass is 310 g/mol. The molecule has 1 N–H and O–H groups in total. The van der Waals surface area contributed by atoms with Crippen LogP contribution in [0.1, 0.15) is 21.7 Å². The molecule has 0 unspecified atom stereocenters. The zero-order chi connectivity index (χ0) is 16.4. The Kier molecular flexibility index (Phi) is 3.92. The molecule has 23 heavy (non-hydrogen) atoms. The Morgan fingerprint density at radius 3 is 2.70 bits per heavy atom. The summed E-state index contributed by atoms with van der Waals surface area (Å²) in [4.78, 5) is 16.5. The average molecular weight is 310 g/mol. The summed E-state index contributed by atoms with van der Waals surface area (Å²) in [5.41, 5.74) is 4.23. The first kappa shape index (κ1) is 15.0. The van der Waals surface area contributed by atoms with E-state index in [1.165, 1.54) is 0 Å². The molecule has 0 saturated heterocycles. The SMILES string of the molecule is Cc1cc(C(=O)NCc2cncc(-c3ccnn3C)c2)n(C)n1. The lowest BCUT2D eigenvalue weighted by Gasteiger charge is -2.07. The molecule has 0 aliphatic rings. The molecule has 0 radical (unpaired) electrons. The van der Waals surface area contributed by atoms with Gasteiger partial charge in [-0.05, 0) is 30.7 Å². The van der Waals surface area contributed by atoms with Crippen molar-refractivity contribution in [3.05, 3.63) is 53.7 Å². The molecule has 0 aliphatic carbocycles. The number of amides is 1. The molecule has 0 saturated carbocycles. The second-order valence-corrected chi connectivity index (χ2v) is 5.40. The number of rotatable bonds is 4. The van der Waals surface area contributed by atoms with Crippen LogP contribution in [0.5, 0.6) is 0 Å². The molecule has 7 heteroatoms. The van der Waals surface area contributed by atoms with Gasteiger partial charge in [-0.2, -0.15) is 10.2 Å². The molecule has 1 amide bonds. The number of nitrogens with zero attached hydrogens (tertiary/aromatic N) is 5. The first-order valence-electron chi connectivity index (χ1n) is 7.26. The molecule has 118 valence electrons. The van der Waals surface area contributed by atoms with Gasteiger partial charge >= 0.3 is 0 Å². The van der Waals surface area contributed by atoms with Crippen LogP contribution in [0.25, 0.3) is 11.3 Å². The highest BCUT2D eigenvalue weighted by Crippen LogP contribution is 2.18. The van der Waals surface area contributed by atoms with Crippen molar-refractivity contribution in [1.29, 1.82) is 0 Å². The molecular weight excluding hydrogens is 292 g/mol. The van der Waals surface area contributed by atoms with Crippen molar-refractivity contribution in [2.24, 2.45) is 14.1 Å². The number of pyridine rings is 1. The number of carbonyl (C=O) groups excluding carboxylic acids is 1. The van der Waals surface area contributed by atoms with Gasteiger partial charge in [-0.15, -0.1) is 0 Å². The lowest BCUT2D eigenvalue weighted by atomic mass is 10.1. The van der Waals surface area contributed by atoms with Gasteiger partial charge in [-0.3, -0.25) is 19.1 Å². The van der Waals surface area contributed by atoms with Crippen molar-refractivity contribution >= 4 is 5.91 Å². The smallest absolute Gasteiger partial charge is 0.269 e. The summed E-state index contributed by atoms with van der Waals surface area (Å²) >= 11 is 0. The molecule has 0 fully saturated rings. The van der Waals surface area contributed by atoms with Crippen molar-refractivity contribution in [2.45, 2.75) is 13.5 Å². The molecule has 3 aromatic heterocycles. The zero-order valence-corrected chi connectivity index (χ0v) is 13.3. The number of hydrogen-bond acceptors (Lipinski definition) is 4. The number of carbonyl (C=O) groups is 1. The van der Waals surface area contributed by atoms with Crippen LogP contribution in [-0.2, 0) is 20.6 Å². The number of nitrogens with one attached hydrogen (secondary N) is 1. The predicted molar refractivity (Wildman–Crippen MR) is 85.6 cm³/mol. The Hall–Kier alpha value is -2.96. The molecule has 0 aromatic carbocycles. The lowest BCUT2D eigenvalue weighted by Crippen LogP contribution is -2.25. The van der Waals surface area contributed by atoms with Crippen LogP contribution in [0.2, 0.25) is 0 Å². The van der Waals surface area contributed by atoms with Crippen LogP contribution >= 0.6 is 0 Å². The maximum absolute atomic E-state index is 12.2. The first-order chi connectivity index (χ1) is 11.0. The Labute approximate surface area is 134 Å². The Balaban J connectivity index is 1.73. The van der Waals surface area contributed by atoms with E-state index < -0.39 is 0 Å². The standard InChI is InChI=1S/C16H18N6O/c1-11-6-15(22(3)20-11)16(23)18-9-12-7-13(10-17-8-12)14-4-5-19-21(14)2/h4-8,10H,9H2,1-3H3,(H,18,23). The minimum atomic E-state index is -0.154. The fourth-order valence-electron chi connectivity index (χ4n) is 2.48. The quantitative estimate of drug-likeness (QED) is 0.791. The summed E-state index contributed by atoms with van der Waals surface area (Å²) in [6.45, 7) is 2.26. The summed E-state index contributed by atoms with van der Waals surface area (Å²) in [5.74, 6) is -0.154. The fourth-order valence-corrected chi connectivity index (χ4v) is 2.48. The second kappa shape index (κ2) is 6.04. The van der Waals surface area contributed by atoms with E-state index in [0.29, 0.717) is 12.2 Å². The molecule has 0 aliphatic heterocycles. The molecule has 0 atom stereocenters. The van der Waals surface area contributed by atoms with Crippen molar-refractivity contribution in [2.75, 3.05) is 0 Å². The second-order valence-electron chi connectivity index (χ2n) is 5.40. The number of aryl methyl sites for hydroxylation is 3. The van der Waals surface area contributed by atoms with Crippen molar-refractivity contribution in [1.82, 2.24) is 29.9 Å². The van der Waals surface area contributed by atoms with Crippen LogP contribution < -0.4 is 5.32 Å². The summed E-state index contributed by atoms with van der Waals surface area (Å²) in [7, 11) is 3.64. The predicted octanol–water partition coefficient (Wildman–Crippen LogP) is 1.45. The van der Waals surface area contributed by atoms with Crippen LogP contribution in [-0.4, -0.2) is 30.5 Å². The van der Waals surface area contributed by atoms with E-state index in [1.807, 2.05) is 26.1 Å². The van der Waals surface area contributed by atoms with E-state index >= 15 is 0 Å². The van der Waals surface area contributed by atoms with Crippen molar-refractivity contribution in [3.63, 3.8) is 0 Å². The van der Waals surface area contributed by atoms with E-state index in [1.54, 1.807) is 41.1 Å². The Bertz CT molecular complexity index is 848. The molecular formula is C16H18N6O. The van der Waals surface area contributed by atoms with Gasteiger partial charge in [0.1, 0.15) is 5.69 Å². The van der Waals surface area contributed by atoms with Crippen LogP contribution in [0.15, 0.2) is 36.8 Å². The molecule has 0 bridgehead atoms. The molecule has 3 aromatic rings. The maximum atomic E-state index is 12.2. The minimum Gasteiger partial charge on any atom is -0.347 e. The summed E-state index contributed by atoms with van der Waals surface area (Å²) in [5, 5.41) is 11.2. The molecule has 0 spiro atoms. The largest absolute Gasteiger partial charge is 0.347 e. The fraction of sp³-hybridized carbons (Fsp3) is 0.250. The molecule has 3 heterocycles. The Morgan fingerprint density at radius 1 is 1.22 bits per heavy atom. The third-order valence-corrected chi connectivity index (χ3v) is 3.60. The van der Waals surface area contributed by atoms with Gasteiger partial charge in [0, 0.05) is 44.8 Å². The van der Waals surface area contributed by atoms with Crippen LogP contribution in [0.3, 0.4) is 0 Å². The molecule has 3 rings (SSSR count). The topological polar surface area (TPSA) is 77.6 Å². The third kappa shape index (κ3) is 3.13. The minimum absolute atomic E-state index is 0.154. The summed E-state index contributed by atoms with van der Waals surface area (Å²) < 4.78 is 3.37. The highest BCUT2D eigenvalue weighted by molar-refractivity contribution is 5.92. The van der Waals surface area contributed by atoms with E-state index in [0.717, 1.165) is 22.5 Å². The summed E-state index contributed by atoms with van der Waals surface area (Å²) in [6.07, 6.45) is 5.27. The van der Waals surface area contributed by atoms with Gasteiger partial charge in [0.05, 0.1) is 11.4 Å². The van der Waals surface area contributed by atoms with Gasteiger partial charge < -0.3 is 5.32 Å². The van der Waals surface area contributed by atoms with Crippen LogP contribution in [0, 0.1) is 6.92 Å². The van der Waals surface area contributed by atoms with E-state index in [9.17, 15) is 4.79 Å². The highest BCUT2D eigenvalue weighted by atomic mass is 16.2. The summed E-state index contributed by atoms with van der Waals surface area (Å²) in [6, 6.07) is 5.69. The van der Waals surface area contributed by atoms with Crippen molar-refractivity contribution in [3.8, 4) is 11.3 Å².